The maximum Gasteiger partial charge on any atom is 0.191 e. The summed E-state index contributed by atoms with van der Waals surface area (Å²) >= 11 is 0. The van der Waals surface area contributed by atoms with E-state index in [9.17, 15) is 8.42 Å². The van der Waals surface area contributed by atoms with E-state index in [1.54, 1.807) is 0 Å². The van der Waals surface area contributed by atoms with Crippen molar-refractivity contribution in [2.75, 3.05) is 19.3 Å². The fourth-order valence-corrected chi connectivity index (χ4v) is 4.28. The average molecular weight is 442 g/mol. The van der Waals surface area contributed by atoms with E-state index >= 15 is 0 Å². The van der Waals surface area contributed by atoms with Crippen LogP contribution in [0.25, 0.3) is 11.0 Å². The Morgan fingerprint density at radius 2 is 1.77 bits per heavy atom. The maximum absolute atomic E-state index is 11.4. The summed E-state index contributed by atoms with van der Waals surface area (Å²) in [6, 6.07) is 15.8. The minimum Gasteiger partial charge on any atom is -0.357 e. The molecule has 0 aliphatic heterocycles. The number of aromatic nitrogens is 2. The molecule has 3 aromatic rings. The summed E-state index contributed by atoms with van der Waals surface area (Å²) in [4.78, 5) is 9.27. The number of sulfone groups is 1. The summed E-state index contributed by atoms with van der Waals surface area (Å²) in [7, 11) is -3.02. The normalized spacial score (nSPS) is 12.3. The Hall–Kier alpha value is -2.87. The van der Waals surface area contributed by atoms with E-state index in [2.05, 4.69) is 31.2 Å². The van der Waals surface area contributed by atoms with Gasteiger partial charge in [0.2, 0.25) is 0 Å². The number of hydrogen-bond donors (Lipinski definition) is 2. The standard InChI is InChI=1S/C23H31N5O2S/c1-4-24-23(26-16-19-10-12-20(13-11-19)17-31(3,29)30)25-14-7-15-28-18(2)27-21-8-5-6-9-22(21)28/h5-6,8-13H,4,7,14-17H2,1-3H3,(H2,24,25,26). The first-order chi connectivity index (χ1) is 14.9. The molecule has 0 radical (unpaired) electrons. The zero-order chi connectivity index (χ0) is 22.3. The molecule has 166 valence electrons. The molecule has 0 aliphatic carbocycles. The molecule has 3 rings (SSSR count). The Morgan fingerprint density at radius 1 is 1.06 bits per heavy atom. The van der Waals surface area contributed by atoms with E-state index in [4.69, 9.17) is 0 Å². The number of nitrogens with one attached hydrogen (secondary N) is 2. The Labute approximate surface area is 184 Å². The van der Waals surface area contributed by atoms with Crippen molar-refractivity contribution >= 4 is 26.8 Å². The molecule has 31 heavy (non-hydrogen) atoms. The molecule has 0 aliphatic rings. The van der Waals surface area contributed by atoms with Gasteiger partial charge in [-0.1, -0.05) is 36.4 Å². The number of fused-ring (bicyclic) bond motifs is 1. The van der Waals surface area contributed by atoms with E-state index < -0.39 is 9.84 Å². The smallest absolute Gasteiger partial charge is 0.191 e. The molecule has 0 unspecified atom stereocenters. The first-order valence-corrected chi connectivity index (χ1v) is 12.6. The van der Waals surface area contributed by atoms with Gasteiger partial charge in [0.15, 0.2) is 15.8 Å². The monoisotopic (exact) mass is 441 g/mol. The molecular formula is C23H31N5O2S. The second-order valence-electron chi connectivity index (χ2n) is 7.66. The van der Waals surface area contributed by atoms with Crippen LogP contribution >= 0.6 is 0 Å². The predicted molar refractivity (Wildman–Crippen MR) is 127 cm³/mol. The summed E-state index contributed by atoms with van der Waals surface area (Å²) in [6.07, 6.45) is 2.20. The molecule has 0 fully saturated rings. The molecule has 7 nitrogen and oxygen atoms in total. The van der Waals surface area contributed by atoms with Gasteiger partial charge in [0.05, 0.1) is 23.3 Å². The number of nitrogens with zero attached hydrogens (tertiary/aromatic N) is 3. The van der Waals surface area contributed by atoms with Gasteiger partial charge in [0.25, 0.3) is 0 Å². The molecular weight excluding hydrogens is 410 g/mol. The maximum atomic E-state index is 11.4. The fourth-order valence-electron chi connectivity index (χ4n) is 3.48. The van der Waals surface area contributed by atoms with Crippen molar-refractivity contribution in [3.8, 4) is 0 Å². The summed E-state index contributed by atoms with van der Waals surface area (Å²) in [6.45, 7) is 7.08. The van der Waals surface area contributed by atoms with Crippen LogP contribution in [0.5, 0.6) is 0 Å². The van der Waals surface area contributed by atoms with Crippen molar-refractivity contribution in [3.05, 3.63) is 65.5 Å². The predicted octanol–water partition coefficient (Wildman–Crippen LogP) is 3.03. The SMILES string of the molecule is CCNC(=NCc1ccc(CS(C)(=O)=O)cc1)NCCCn1c(C)nc2ccccc21. The Morgan fingerprint density at radius 3 is 2.48 bits per heavy atom. The number of aliphatic imine (C=N–C) groups is 1. The lowest BCUT2D eigenvalue weighted by Crippen LogP contribution is -2.38. The van der Waals surface area contributed by atoms with Crippen LogP contribution in [0.4, 0.5) is 0 Å². The zero-order valence-electron chi connectivity index (χ0n) is 18.4. The molecule has 1 aromatic heterocycles. The lowest BCUT2D eigenvalue weighted by Gasteiger charge is -2.12. The topological polar surface area (TPSA) is 88.4 Å². The van der Waals surface area contributed by atoms with Crippen molar-refractivity contribution in [1.29, 1.82) is 0 Å². The first-order valence-electron chi connectivity index (χ1n) is 10.6. The highest BCUT2D eigenvalue weighted by Gasteiger charge is 2.07. The second-order valence-corrected chi connectivity index (χ2v) is 9.80. The van der Waals surface area contributed by atoms with Gasteiger partial charge < -0.3 is 15.2 Å². The van der Waals surface area contributed by atoms with Gasteiger partial charge in [0.1, 0.15) is 5.82 Å². The zero-order valence-corrected chi connectivity index (χ0v) is 19.2. The summed E-state index contributed by atoms with van der Waals surface area (Å²) in [5.41, 5.74) is 4.03. The number of hydrogen-bond acceptors (Lipinski definition) is 4. The van der Waals surface area contributed by atoms with Crippen LogP contribution in [0, 0.1) is 6.92 Å². The van der Waals surface area contributed by atoms with Gasteiger partial charge in [-0.15, -0.1) is 0 Å². The molecule has 0 bridgehead atoms. The third-order valence-corrected chi connectivity index (χ3v) is 5.77. The summed E-state index contributed by atoms with van der Waals surface area (Å²) < 4.78 is 25.1. The van der Waals surface area contributed by atoms with E-state index in [1.165, 1.54) is 11.8 Å². The summed E-state index contributed by atoms with van der Waals surface area (Å²) in [5, 5.41) is 6.66. The molecule has 0 amide bonds. The van der Waals surface area contributed by atoms with Crippen LogP contribution < -0.4 is 10.6 Å². The molecule has 2 aromatic carbocycles. The van der Waals surface area contributed by atoms with Gasteiger partial charge in [-0.3, -0.25) is 0 Å². The van der Waals surface area contributed by atoms with Gasteiger partial charge in [-0.05, 0) is 43.5 Å². The van der Waals surface area contributed by atoms with Crippen LogP contribution in [-0.2, 0) is 28.7 Å². The Kier molecular flexibility index (Phi) is 7.68. The third-order valence-electron chi connectivity index (χ3n) is 4.91. The second kappa shape index (κ2) is 10.4. The average Bonchev–Trinajstić information content (AvgIpc) is 3.04. The van der Waals surface area contributed by atoms with E-state index in [0.717, 1.165) is 54.5 Å². The number of para-hydroxylation sites is 2. The number of benzene rings is 2. The van der Waals surface area contributed by atoms with Crippen molar-refractivity contribution in [1.82, 2.24) is 20.2 Å². The minimum absolute atomic E-state index is 0.0619. The molecule has 0 atom stereocenters. The molecule has 1 heterocycles. The minimum atomic E-state index is -3.02. The lowest BCUT2D eigenvalue weighted by molar-refractivity contribution is 0.601. The van der Waals surface area contributed by atoms with Crippen molar-refractivity contribution in [2.45, 2.75) is 39.1 Å². The van der Waals surface area contributed by atoms with Gasteiger partial charge in [-0.25, -0.2) is 18.4 Å². The molecule has 0 saturated carbocycles. The van der Waals surface area contributed by atoms with Gasteiger partial charge in [-0.2, -0.15) is 0 Å². The first kappa shape index (κ1) is 22.8. The van der Waals surface area contributed by atoms with Crippen LogP contribution in [0.3, 0.4) is 0 Å². The van der Waals surface area contributed by atoms with Crippen molar-refractivity contribution < 1.29 is 8.42 Å². The number of guanidine groups is 1. The largest absolute Gasteiger partial charge is 0.357 e. The molecule has 0 saturated heterocycles. The molecule has 8 heteroatoms. The highest BCUT2D eigenvalue weighted by molar-refractivity contribution is 7.89. The third kappa shape index (κ3) is 6.82. The quantitative estimate of drug-likeness (QED) is 0.303. The van der Waals surface area contributed by atoms with Crippen LogP contribution in [0.1, 0.15) is 30.3 Å². The Bertz CT molecular complexity index is 1130. The van der Waals surface area contributed by atoms with E-state index in [0.29, 0.717) is 6.54 Å². The van der Waals surface area contributed by atoms with Crippen molar-refractivity contribution in [3.63, 3.8) is 0 Å². The van der Waals surface area contributed by atoms with Crippen LogP contribution in [0.15, 0.2) is 53.5 Å². The van der Waals surface area contributed by atoms with E-state index in [1.807, 2.05) is 56.3 Å². The fraction of sp³-hybridized carbons (Fsp3) is 0.391. The highest BCUT2D eigenvalue weighted by atomic mass is 32.2. The van der Waals surface area contributed by atoms with Gasteiger partial charge in [0, 0.05) is 25.9 Å². The summed E-state index contributed by atoms with van der Waals surface area (Å²) in [5.74, 6) is 1.86. The van der Waals surface area contributed by atoms with Crippen LogP contribution in [-0.4, -0.2) is 43.3 Å². The lowest BCUT2D eigenvalue weighted by atomic mass is 10.1. The number of aryl methyl sites for hydroxylation is 2. The highest BCUT2D eigenvalue weighted by Crippen LogP contribution is 2.15. The number of imidazole rings is 1. The molecule has 2 N–H and O–H groups in total. The van der Waals surface area contributed by atoms with Crippen molar-refractivity contribution in [2.24, 2.45) is 4.99 Å². The molecule has 0 spiro atoms. The van der Waals surface area contributed by atoms with Crippen LogP contribution in [0.2, 0.25) is 0 Å². The van der Waals surface area contributed by atoms with Gasteiger partial charge >= 0.3 is 0 Å². The number of rotatable bonds is 9. The van der Waals surface area contributed by atoms with E-state index in [-0.39, 0.29) is 5.75 Å². The Balaban J connectivity index is 1.53.